The zero-order valence-corrected chi connectivity index (χ0v) is 18.7. The first-order valence-electron chi connectivity index (χ1n) is 9.16. The number of carbonyl (C=O) groups excluding carboxylic acids is 3. The fourth-order valence-electron chi connectivity index (χ4n) is 2.27. The number of nitrogens with one attached hydrogen (secondary N) is 2. The molecule has 8 N–H and O–H groups in total. The van der Waals surface area contributed by atoms with Crippen LogP contribution < -0.4 is 27.8 Å². The van der Waals surface area contributed by atoms with Crippen LogP contribution in [0.25, 0.3) is 0 Å². The largest absolute Gasteiger partial charge is 0.370 e. The molecule has 0 radical (unpaired) electrons. The Morgan fingerprint density at radius 1 is 1.07 bits per heavy atom. The Bertz CT molecular complexity index is 743. The van der Waals surface area contributed by atoms with E-state index in [9.17, 15) is 22.8 Å². The maximum atomic E-state index is 12.5. The normalized spacial score (nSPS) is 11.2. The summed E-state index contributed by atoms with van der Waals surface area (Å²) >= 11 is 0. The quantitative estimate of drug-likeness (QED) is 0.277. The Morgan fingerprint density at radius 2 is 1.60 bits per heavy atom. The molecule has 1 rings (SSSR count). The average Bonchev–Trinajstić information content (AvgIpc) is 2.73. The Morgan fingerprint density at radius 3 is 2.03 bits per heavy atom. The van der Waals surface area contributed by atoms with E-state index >= 15 is 0 Å². The smallest absolute Gasteiger partial charge is 0.242 e. The summed E-state index contributed by atoms with van der Waals surface area (Å²) in [7, 11) is 0.627. The van der Waals surface area contributed by atoms with Crippen molar-refractivity contribution in [1.29, 1.82) is 0 Å². The van der Waals surface area contributed by atoms with Gasteiger partial charge in [-0.15, -0.1) is 0 Å². The van der Waals surface area contributed by atoms with Crippen LogP contribution in [0.15, 0.2) is 30.3 Å². The maximum absolute atomic E-state index is 12.5. The van der Waals surface area contributed by atoms with Crippen molar-refractivity contribution in [2.75, 3.05) is 34.2 Å². The van der Waals surface area contributed by atoms with E-state index in [-0.39, 0.29) is 18.7 Å². The number of nitrogens with two attached hydrogens (primary N) is 3. The third kappa shape index (κ3) is 11.5. The van der Waals surface area contributed by atoms with Gasteiger partial charge in [-0.3, -0.25) is 14.4 Å². The first kappa shape index (κ1) is 29.7. The summed E-state index contributed by atoms with van der Waals surface area (Å²) in [5.41, 5.74) is 14.7. The Balaban J connectivity index is 0. The van der Waals surface area contributed by atoms with Crippen molar-refractivity contribution in [2.45, 2.75) is 25.1 Å². The van der Waals surface area contributed by atoms with Crippen LogP contribution in [0.1, 0.15) is 18.9 Å². The predicted molar refractivity (Wildman–Crippen MR) is 116 cm³/mol. The van der Waals surface area contributed by atoms with Gasteiger partial charge in [0.15, 0.2) is 0 Å². The topological polar surface area (TPSA) is 191 Å². The SMILES string of the molecule is CCN(CC(=O)N[C@@H](CC(N)=O)C(=O)NC)S(=O)(=O)Cc1ccccc1.CN.CN. The lowest BCUT2D eigenvalue weighted by molar-refractivity contribution is -0.130. The highest BCUT2D eigenvalue weighted by Crippen LogP contribution is 2.10. The second-order valence-corrected chi connectivity index (χ2v) is 7.54. The second kappa shape index (κ2) is 16.3. The van der Waals surface area contributed by atoms with Crippen LogP contribution in [-0.4, -0.2) is 70.7 Å². The molecule has 0 aliphatic rings. The minimum atomic E-state index is -3.72. The summed E-state index contributed by atoms with van der Waals surface area (Å²) in [5, 5.41) is 4.65. The van der Waals surface area contributed by atoms with E-state index in [1.807, 2.05) is 0 Å². The van der Waals surface area contributed by atoms with Crippen LogP contribution in [0.5, 0.6) is 0 Å². The number of benzene rings is 1. The number of likely N-dealkylation sites (N-methyl/N-ethyl adjacent to an activating group) is 2. The van der Waals surface area contributed by atoms with Crippen molar-refractivity contribution < 1.29 is 22.8 Å². The molecule has 3 amide bonds. The van der Waals surface area contributed by atoms with Gasteiger partial charge in [0, 0.05) is 13.6 Å². The fraction of sp³-hybridized carbons (Fsp3) is 0.500. The van der Waals surface area contributed by atoms with Crippen LogP contribution in [0.2, 0.25) is 0 Å². The molecule has 0 heterocycles. The summed E-state index contributed by atoms with van der Waals surface area (Å²) < 4.78 is 26.0. The van der Waals surface area contributed by atoms with E-state index in [0.717, 1.165) is 4.31 Å². The zero-order chi connectivity index (χ0) is 23.7. The lowest BCUT2D eigenvalue weighted by Gasteiger charge is -2.22. The molecule has 0 saturated carbocycles. The van der Waals surface area contributed by atoms with Gasteiger partial charge in [-0.2, -0.15) is 4.31 Å². The fourth-order valence-corrected chi connectivity index (χ4v) is 3.77. The molecule has 0 unspecified atom stereocenters. The van der Waals surface area contributed by atoms with Crippen LogP contribution in [0, 0.1) is 0 Å². The summed E-state index contributed by atoms with van der Waals surface area (Å²) in [6, 6.07) is 7.44. The highest BCUT2D eigenvalue weighted by atomic mass is 32.2. The number of hydrogen-bond acceptors (Lipinski definition) is 7. The molecule has 1 aromatic rings. The molecular weight excluding hydrogens is 412 g/mol. The van der Waals surface area contributed by atoms with Crippen LogP contribution in [-0.2, 0) is 30.2 Å². The van der Waals surface area contributed by atoms with Gasteiger partial charge in [-0.1, -0.05) is 37.3 Å². The van der Waals surface area contributed by atoms with Gasteiger partial charge < -0.3 is 27.8 Å². The van der Waals surface area contributed by atoms with Gasteiger partial charge in [-0.25, -0.2) is 8.42 Å². The lowest BCUT2D eigenvalue weighted by atomic mass is 10.2. The molecule has 0 spiro atoms. The summed E-state index contributed by atoms with van der Waals surface area (Å²) in [5.74, 6) is -2.29. The molecule has 30 heavy (non-hydrogen) atoms. The van der Waals surface area contributed by atoms with Gasteiger partial charge in [-0.05, 0) is 19.7 Å². The third-order valence-corrected chi connectivity index (χ3v) is 5.43. The highest BCUT2D eigenvalue weighted by Gasteiger charge is 2.27. The van der Waals surface area contributed by atoms with Gasteiger partial charge in [0.25, 0.3) is 0 Å². The van der Waals surface area contributed by atoms with Crippen molar-refractivity contribution in [3.05, 3.63) is 35.9 Å². The van der Waals surface area contributed by atoms with Crippen molar-refractivity contribution in [3.63, 3.8) is 0 Å². The Labute approximate surface area is 178 Å². The van der Waals surface area contributed by atoms with E-state index in [1.54, 1.807) is 37.3 Å². The first-order chi connectivity index (χ1) is 14.2. The van der Waals surface area contributed by atoms with Gasteiger partial charge in [0.1, 0.15) is 6.04 Å². The first-order valence-corrected chi connectivity index (χ1v) is 10.8. The number of nitrogens with zero attached hydrogens (tertiary/aromatic N) is 1. The van der Waals surface area contributed by atoms with Gasteiger partial charge in [0.05, 0.1) is 18.7 Å². The number of carbonyl (C=O) groups is 3. The van der Waals surface area contributed by atoms with Crippen LogP contribution in [0.3, 0.4) is 0 Å². The number of amides is 3. The third-order valence-electron chi connectivity index (χ3n) is 3.56. The number of sulfonamides is 1. The zero-order valence-electron chi connectivity index (χ0n) is 17.9. The molecule has 0 fully saturated rings. The monoisotopic (exact) mass is 446 g/mol. The molecule has 12 heteroatoms. The summed E-state index contributed by atoms with van der Waals surface area (Å²) in [4.78, 5) is 34.9. The molecule has 0 bridgehead atoms. The molecule has 0 aliphatic carbocycles. The van der Waals surface area contributed by atoms with Gasteiger partial charge in [0.2, 0.25) is 27.7 Å². The highest BCUT2D eigenvalue weighted by molar-refractivity contribution is 7.88. The van der Waals surface area contributed by atoms with E-state index in [2.05, 4.69) is 22.1 Å². The molecular formula is C18H34N6O5S. The summed E-state index contributed by atoms with van der Waals surface area (Å²) in [6.45, 7) is 1.23. The van der Waals surface area contributed by atoms with Crippen molar-refractivity contribution in [2.24, 2.45) is 17.2 Å². The Kier molecular flexibility index (Phi) is 16.1. The predicted octanol–water partition coefficient (Wildman–Crippen LogP) is -1.91. The Hall–Kier alpha value is -2.54. The molecule has 0 aromatic heterocycles. The number of hydrogen-bond donors (Lipinski definition) is 5. The standard InChI is InChI=1S/C16H24N4O5S.2CH5N/c1-3-20(26(24,25)11-12-7-5-4-6-8-12)10-15(22)19-13(9-14(17)21)16(23)18-2;2*1-2/h4-8,13H,3,9-11H2,1-2H3,(H2,17,21)(H,18,23)(H,19,22);2*2H2,1H3/t13-;;/m0../s1. The van der Waals surface area contributed by atoms with E-state index < -0.39 is 40.3 Å². The van der Waals surface area contributed by atoms with E-state index in [1.165, 1.54) is 21.1 Å². The van der Waals surface area contributed by atoms with Crippen molar-refractivity contribution in [1.82, 2.24) is 14.9 Å². The number of primary amides is 1. The van der Waals surface area contributed by atoms with Crippen molar-refractivity contribution >= 4 is 27.7 Å². The van der Waals surface area contributed by atoms with Gasteiger partial charge >= 0.3 is 0 Å². The molecule has 1 atom stereocenters. The second-order valence-electron chi connectivity index (χ2n) is 5.57. The summed E-state index contributed by atoms with van der Waals surface area (Å²) in [6.07, 6.45) is -0.381. The van der Waals surface area contributed by atoms with Crippen molar-refractivity contribution in [3.8, 4) is 0 Å². The molecule has 172 valence electrons. The minimum absolute atomic E-state index is 0.0864. The van der Waals surface area contributed by atoms with Crippen LogP contribution in [0.4, 0.5) is 0 Å². The minimum Gasteiger partial charge on any atom is -0.370 e. The molecule has 1 aromatic carbocycles. The molecule has 11 nitrogen and oxygen atoms in total. The molecule has 0 saturated heterocycles. The molecule has 0 aliphatic heterocycles. The maximum Gasteiger partial charge on any atom is 0.242 e. The van der Waals surface area contributed by atoms with E-state index in [4.69, 9.17) is 5.73 Å². The van der Waals surface area contributed by atoms with E-state index in [0.29, 0.717) is 5.56 Å². The average molecular weight is 447 g/mol. The number of rotatable bonds is 10. The lowest BCUT2D eigenvalue weighted by Crippen LogP contribution is -2.51. The van der Waals surface area contributed by atoms with Crippen LogP contribution >= 0.6 is 0 Å².